The zero-order valence-electron chi connectivity index (χ0n) is 10.3. The second-order valence-electron chi connectivity index (χ2n) is 3.63. The van der Waals surface area contributed by atoms with E-state index in [2.05, 4.69) is 4.98 Å². The van der Waals surface area contributed by atoms with Gasteiger partial charge in [-0.2, -0.15) is 8.78 Å². The first-order valence-corrected chi connectivity index (χ1v) is 7.90. The van der Waals surface area contributed by atoms with Crippen LogP contribution in [0.1, 0.15) is 18.2 Å². The number of aromatic nitrogens is 1. The minimum atomic E-state index is -3.95. The predicted octanol–water partition coefficient (Wildman–Crippen LogP) is 2.33. The van der Waals surface area contributed by atoms with E-state index in [4.69, 9.17) is 0 Å². The summed E-state index contributed by atoms with van der Waals surface area (Å²) in [5, 5.41) is 11.1. The average Bonchev–Trinajstić information content (AvgIpc) is 2.84. The van der Waals surface area contributed by atoms with E-state index in [0.717, 1.165) is 11.3 Å². The van der Waals surface area contributed by atoms with Crippen LogP contribution in [0.2, 0.25) is 0 Å². The van der Waals surface area contributed by atoms with Gasteiger partial charge in [0.05, 0.1) is 11.9 Å². The Labute approximate surface area is 117 Å². The van der Waals surface area contributed by atoms with Gasteiger partial charge in [-0.3, -0.25) is 0 Å². The standard InChI is InChI=1S/C10H11F3N2O3S2/c1-2-15(16)6-7-5-14-10(19-7)20(17,18)4-3-8(11)9(12)13/h5-6H,2-4H2,1H3/b15-6-. The van der Waals surface area contributed by atoms with Crippen LogP contribution in [0, 0.1) is 5.21 Å². The largest absolute Gasteiger partial charge is 0.624 e. The molecule has 5 nitrogen and oxygen atoms in total. The highest BCUT2D eigenvalue weighted by Gasteiger charge is 2.21. The van der Waals surface area contributed by atoms with Crippen molar-refractivity contribution in [3.63, 3.8) is 0 Å². The molecule has 1 heterocycles. The first-order valence-electron chi connectivity index (χ1n) is 5.43. The van der Waals surface area contributed by atoms with Crippen molar-refractivity contribution in [2.24, 2.45) is 0 Å². The monoisotopic (exact) mass is 328 g/mol. The summed E-state index contributed by atoms with van der Waals surface area (Å²) in [7, 11) is -3.95. The van der Waals surface area contributed by atoms with Gasteiger partial charge in [-0.15, -0.1) is 0 Å². The Kier molecular flexibility index (Phi) is 5.69. The number of sulfone groups is 1. The molecular formula is C10H11F3N2O3S2. The molecule has 1 aromatic rings. The lowest BCUT2D eigenvalue weighted by atomic mass is 10.4. The van der Waals surface area contributed by atoms with Crippen LogP contribution < -0.4 is 0 Å². The molecule has 0 aliphatic heterocycles. The van der Waals surface area contributed by atoms with E-state index in [9.17, 15) is 26.8 Å². The minimum Gasteiger partial charge on any atom is -0.624 e. The van der Waals surface area contributed by atoms with E-state index in [0.29, 0.717) is 9.62 Å². The molecule has 1 rings (SSSR count). The number of halogens is 3. The minimum absolute atomic E-state index is 0.186. The Morgan fingerprint density at radius 3 is 2.70 bits per heavy atom. The summed E-state index contributed by atoms with van der Waals surface area (Å²) in [6, 6.07) is 0. The van der Waals surface area contributed by atoms with Gasteiger partial charge >= 0.3 is 6.08 Å². The Morgan fingerprint density at radius 1 is 1.50 bits per heavy atom. The van der Waals surface area contributed by atoms with E-state index in [1.54, 1.807) is 6.92 Å². The number of thiazole rings is 1. The van der Waals surface area contributed by atoms with Gasteiger partial charge in [-0.25, -0.2) is 22.5 Å². The summed E-state index contributed by atoms with van der Waals surface area (Å²) in [5.74, 6) is -2.56. The smallest absolute Gasteiger partial charge is 0.301 e. The van der Waals surface area contributed by atoms with Crippen molar-refractivity contribution in [3.8, 4) is 0 Å². The van der Waals surface area contributed by atoms with E-state index in [1.807, 2.05) is 0 Å². The highest BCUT2D eigenvalue weighted by Crippen LogP contribution is 2.21. The molecule has 0 spiro atoms. The summed E-state index contributed by atoms with van der Waals surface area (Å²) in [6.07, 6.45) is -1.09. The zero-order chi connectivity index (χ0) is 15.3. The maximum Gasteiger partial charge on any atom is 0.301 e. The first kappa shape index (κ1) is 16.6. The maximum atomic E-state index is 12.6. The van der Waals surface area contributed by atoms with Crippen molar-refractivity contribution in [2.75, 3.05) is 12.3 Å². The van der Waals surface area contributed by atoms with Crippen LogP contribution in [0.4, 0.5) is 13.2 Å². The molecule has 10 heteroatoms. The molecule has 0 fully saturated rings. The van der Waals surface area contributed by atoms with Crippen LogP contribution in [-0.4, -0.2) is 36.7 Å². The topological polar surface area (TPSA) is 73.1 Å². The molecule has 1 aromatic heterocycles. The molecule has 0 unspecified atom stereocenters. The molecule has 112 valence electrons. The third-order valence-electron chi connectivity index (χ3n) is 2.15. The Hall–Kier alpha value is -1.42. The second-order valence-corrected chi connectivity index (χ2v) is 6.97. The highest BCUT2D eigenvalue weighted by atomic mass is 32.2. The van der Waals surface area contributed by atoms with Crippen LogP contribution in [0.5, 0.6) is 0 Å². The first-order chi connectivity index (χ1) is 9.26. The van der Waals surface area contributed by atoms with Crippen LogP contribution in [0.25, 0.3) is 0 Å². The quantitative estimate of drug-likeness (QED) is 0.348. The summed E-state index contributed by atoms with van der Waals surface area (Å²) < 4.78 is 60.0. The van der Waals surface area contributed by atoms with Crippen LogP contribution in [0.3, 0.4) is 0 Å². The number of allylic oxidation sites excluding steroid dienone is 1. The lowest BCUT2D eigenvalue weighted by molar-refractivity contribution is -0.447. The molecule has 0 aliphatic rings. The summed E-state index contributed by atoms with van der Waals surface area (Å²) in [5.41, 5.74) is 0. The maximum absolute atomic E-state index is 12.6. The van der Waals surface area contributed by atoms with Crippen molar-refractivity contribution in [1.29, 1.82) is 0 Å². The molecule has 0 saturated heterocycles. The van der Waals surface area contributed by atoms with Crippen molar-refractivity contribution in [1.82, 2.24) is 4.98 Å². The molecule has 0 bridgehead atoms. The van der Waals surface area contributed by atoms with Crippen molar-refractivity contribution in [3.05, 3.63) is 28.2 Å². The molecule has 0 saturated carbocycles. The number of hydroxylamine groups is 1. The lowest BCUT2D eigenvalue weighted by Gasteiger charge is -1.98. The van der Waals surface area contributed by atoms with Gasteiger partial charge in [-0.05, 0) is 6.92 Å². The molecule has 0 aliphatic carbocycles. The molecular weight excluding hydrogens is 317 g/mol. The van der Waals surface area contributed by atoms with E-state index < -0.39 is 33.9 Å². The van der Waals surface area contributed by atoms with Gasteiger partial charge in [0.1, 0.15) is 4.88 Å². The van der Waals surface area contributed by atoms with E-state index in [-0.39, 0.29) is 10.9 Å². The Balaban J connectivity index is 2.87. The summed E-state index contributed by atoms with van der Waals surface area (Å²) in [6.45, 7) is 1.80. The lowest BCUT2D eigenvalue weighted by Crippen LogP contribution is -2.06. The third kappa shape index (κ3) is 4.60. The Morgan fingerprint density at radius 2 is 2.15 bits per heavy atom. The SMILES string of the molecule is CC/[N+]([O-])=C/c1cnc(S(=O)(=O)CCC(F)=C(F)F)s1. The van der Waals surface area contributed by atoms with Gasteiger partial charge in [0.15, 0.2) is 18.6 Å². The molecule has 20 heavy (non-hydrogen) atoms. The van der Waals surface area contributed by atoms with Crippen LogP contribution >= 0.6 is 11.3 Å². The summed E-state index contributed by atoms with van der Waals surface area (Å²) in [4.78, 5) is 3.92. The molecule has 0 amide bonds. The number of hydrogen-bond acceptors (Lipinski definition) is 5. The van der Waals surface area contributed by atoms with Gasteiger partial charge in [0.25, 0.3) is 0 Å². The Bertz CT molecular complexity index is 634. The third-order valence-corrected chi connectivity index (χ3v) is 5.26. The van der Waals surface area contributed by atoms with Crippen LogP contribution in [-0.2, 0) is 9.84 Å². The van der Waals surface area contributed by atoms with Gasteiger partial charge in [0.2, 0.25) is 14.2 Å². The van der Waals surface area contributed by atoms with Gasteiger partial charge in [-0.1, -0.05) is 11.3 Å². The average molecular weight is 328 g/mol. The fraction of sp³-hybridized carbons (Fsp3) is 0.400. The van der Waals surface area contributed by atoms with Crippen molar-refractivity contribution >= 4 is 27.4 Å². The van der Waals surface area contributed by atoms with E-state index >= 15 is 0 Å². The zero-order valence-corrected chi connectivity index (χ0v) is 12.0. The van der Waals surface area contributed by atoms with E-state index in [1.165, 1.54) is 12.4 Å². The molecule has 0 radical (unpaired) electrons. The predicted molar refractivity (Wildman–Crippen MR) is 68.5 cm³/mol. The molecule has 0 atom stereocenters. The number of rotatable bonds is 6. The normalized spacial score (nSPS) is 12.5. The number of nitrogens with zero attached hydrogens (tertiary/aromatic N) is 2. The highest BCUT2D eigenvalue weighted by molar-refractivity contribution is 7.93. The van der Waals surface area contributed by atoms with Crippen molar-refractivity contribution < 1.29 is 26.3 Å². The van der Waals surface area contributed by atoms with Crippen molar-refractivity contribution in [2.45, 2.75) is 17.7 Å². The van der Waals surface area contributed by atoms with Gasteiger partial charge in [0, 0.05) is 6.42 Å². The molecule has 0 N–H and O–H groups in total. The molecule has 0 aromatic carbocycles. The van der Waals surface area contributed by atoms with Gasteiger partial charge < -0.3 is 5.21 Å². The second kappa shape index (κ2) is 6.84. The fourth-order valence-corrected chi connectivity index (χ4v) is 3.58. The fourth-order valence-electron chi connectivity index (χ4n) is 1.11. The van der Waals surface area contributed by atoms with Crippen LogP contribution in [0.15, 0.2) is 22.4 Å². The number of hydrogen-bond donors (Lipinski definition) is 0. The summed E-state index contributed by atoms with van der Waals surface area (Å²) >= 11 is 0.721.